The molecule has 2 bridgehead atoms. The number of fused-ring (bicyclic) bond motifs is 5. The normalized spacial score (nSPS) is 40.9. The van der Waals surface area contributed by atoms with Crippen molar-refractivity contribution in [3.8, 4) is 0 Å². The number of urea groups is 1. The summed E-state index contributed by atoms with van der Waals surface area (Å²) in [7, 11) is 0. The largest absolute Gasteiger partial charge is 0.374 e. The van der Waals surface area contributed by atoms with E-state index in [0.29, 0.717) is 12.2 Å². The number of carbonyl (C=O) groups is 1. The maximum Gasteiger partial charge on any atom is 0.318 e. The minimum absolute atomic E-state index is 0.151. The van der Waals surface area contributed by atoms with Crippen LogP contribution in [0.4, 0.5) is 4.79 Å². The van der Waals surface area contributed by atoms with Crippen LogP contribution in [0.3, 0.4) is 0 Å². The number of rotatable bonds is 2. The van der Waals surface area contributed by atoms with Crippen LogP contribution in [0.5, 0.6) is 0 Å². The summed E-state index contributed by atoms with van der Waals surface area (Å²) in [4.78, 5) is 15.3. The molecule has 3 rings (SSSR count). The van der Waals surface area contributed by atoms with E-state index < -0.39 is 6.03 Å². The molecular formula is C11H17N5O2. The van der Waals surface area contributed by atoms with Gasteiger partial charge in [0.05, 0.1) is 18.2 Å². The van der Waals surface area contributed by atoms with Crippen LogP contribution in [-0.4, -0.2) is 37.0 Å². The lowest BCUT2D eigenvalue weighted by atomic mass is 10.0. The highest BCUT2D eigenvalue weighted by atomic mass is 16.5. The Balaban J connectivity index is 1.66. The number of nitrogens with zero attached hydrogens (tertiary/aromatic N) is 2. The Bertz CT molecular complexity index is 394. The monoisotopic (exact) mass is 251 g/mol. The van der Waals surface area contributed by atoms with Crippen molar-refractivity contribution < 1.29 is 9.53 Å². The van der Waals surface area contributed by atoms with Crippen molar-refractivity contribution in [2.24, 2.45) is 27.7 Å². The summed E-state index contributed by atoms with van der Waals surface area (Å²) < 4.78 is 5.87. The molecule has 0 aromatic carbocycles. The average Bonchev–Trinajstić information content (AvgIpc) is 3.03. The number of nitrogens with two attached hydrogens (primary N) is 1. The third-order valence-electron chi connectivity index (χ3n) is 3.94. The van der Waals surface area contributed by atoms with Crippen molar-refractivity contribution in [2.75, 3.05) is 0 Å². The van der Waals surface area contributed by atoms with Crippen molar-refractivity contribution in [2.45, 2.75) is 37.5 Å². The zero-order valence-electron chi connectivity index (χ0n) is 10.0. The number of ether oxygens (including phenoxy) is 1. The lowest BCUT2D eigenvalue weighted by molar-refractivity contribution is -0.0300. The number of carbonyl (C=O) groups excluding carboxylic acids is 1. The number of hydrogen-bond acceptors (Lipinski definition) is 4. The molecule has 1 saturated carbocycles. The summed E-state index contributed by atoms with van der Waals surface area (Å²) in [5.74, 6) is 1.75. The highest BCUT2D eigenvalue weighted by Gasteiger charge is 2.58. The summed E-state index contributed by atoms with van der Waals surface area (Å²) in [6, 6.07) is -0.513. The van der Waals surface area contributed by atoms with Gasteiger partial charge in [-0.1, -0.05) is 0 Å². The summed E-state index contributed by atoms with van der Waals surface area (Å²) in [5, 5.41) is 5.90. The van der Waals surface area contributed by atoms with Gasteiger partial charge in [0, 0.05) is 6.72 Å². The molecule has 2 saturated heterocycles. The van der Waals surface area contributed by atoms with Crippen LogP contribution in [0.25, 0.3) is 0 Å². The number of amides is 2. The van der Waals surface area contributed by atoms with Crippen LogP contribution in [0, 0.1) is 11.8 Å². The quantitative estimate of drug-likeness (QED) is 0.359. The third-order valence-corrected chi connectivity index (χ3v) is 3.94. The highest BCUT2D eigenvalue weighted by Crippen LogP contribution is 2.57. The van der Waals surface area contributed by atoms with E-state index in [4.69, 9.17) is 10.5 Å². The van der Waals surface area contributed by atoms with Gasteiger partial charge in [-0.25, -0.2) is 15.2 Å². The van der Waals surface area contributed by atoms with E-state index in [2.05, 4.69) is 27.6 Å². The van der Waals surface area contributed by atoms with Crippen LogP contribution >= 0.6 is 0 Å². The molecule has 3 fully saturated rings. The minimum atomic E-state index is -0.664. The van der Waals surface area contributed by atoms with E-state index in [1.54, 1.807) is 0 Å². The van der Waals surface area contributed by atoms with Gasteiger partial charge in [0.25, 0.3) is 0 Å². The lowest BCUT2D eigenvalue weighted by Gasteiger charge is -2.29. The fourth-order valence-electron chi connectivity index (χ4n) is 3.18. The third kappa shape index (κ3) is 2.05. The lowest BCUT2D eigenvalue weighted by Crippen LogP contribution is -2.43. The molecule has 3 aliphatic rings. The van der Waals surface area contributed by atoms with E-state index in [-0.39, 0.29) is 12.0 Å². The van der Waals surface area contributed by atoms with Crippen molar-refractivity contribution in [1.82, 2.24) is 10.7 Å². The predicted octanol–water partition coefficient (Wildman–Crippen LogP) is -0.218. The number of hydrazone groups is 1. The molecule has 4 atom stereocenters. The standard InChI is InChI=1S/C11H17N5O2/c1-13-16-11(15-10(12)17)14-5-2-8-6-4-7(6)9(3-5)18-8/h5-9H,1-4H2,(H4,12,14,15,16,17). The molecule has 4 N–H and O–H groups in total. The number of guanidine groups is 1. The van der Waals surface area contributed by atoms with E-state index in [9.17, 15) is 4.79 Å². The van der Waals surface area contributed by atoms with E-state index in [1.807, 2.05) is 0 Å². The Hall–Kier alpha value is -1.63. The fraction of sp³-hybridized carbons (Fsp3) is 0.727. The van der Waals surface area contributed by atoms with Crippen LogP contribution < -0.4 is 16.5 Å². The molecule has 7 heteroatoms. The van der Waals surface area contributed by atoms with Crippen molar-refractivity contribution >= 4 is 18.7 Å². The number of primary amides is 1. The molecule has 0 spiro atoms. The van der Waals surface area contributed by atoms with E-state index >= 15 is 0 Å². The predicted molar refractivity (Wildman–Crippen MR) is 66.1 cm³/mol. The first kappa shape index (κ1) is 11.5. The van der Waals surface area contributed by atoms with Gasteiger partial charge in [0.15, 0.2) is 0 Å². The molecule has 0 aromatic heterocycles. The minimum Gasteiger partial charge on any atom is -0.374 e. The first-order valence-corrected chi connectivity index (χ1v) is 6.19. The second-order valence-electron chi connectivity index (χ2n) is 5.14. The topological polar surface area (TPSA) is 101 Å². The SMILES string of the molecule is C=NNC(=NC1CC2OC(C1)C1CC21)NC(N)=O. The Kier molecular flexibility index (Phi) is 2.70. The fourth-order valence-corrected chi connectivity index (χ4v) is 3.18. The zero-order valence-corrected chi connectivity index (χ0v) is 10.0. The Morgan fingerprint density at radius 2 is 1.94 bits per heavy atom. The molecule has 0 radical (unpaired) electrons. The second kappa shape index (κ2) is 4.24. The zero-order chi connectivity index (χ0) is 12.7. The molecule has 2 heterocycles. The Labute approximate surface area is 105 Å². The molecule has 1 aliphatic carbocycles. The van der Waals surface area contributed by atoms with Crippen LogP contribution in [0.15, 0.2) is 10.1 Å². The number of hydrogen-bond donors (Lipinski definition) is 3. The van der Waals surface area contributed by atoms with Crippen molar-refractivity contribution in [3.05, 3.63) is 0 Å². The van der Waals surface area contributed by atoms with Crippen LogP contribution in [-0.2, 0) is 4.74 Å². The molecule has 2 amide bonds. The van der Waals surface area contributed by atoms with Gasteiger partial charge < -0.3 is 10.5 Å². The van der Waals surface area contributed by atoms with Crippen LogP contribution in [0.2, 0.25) is 0 Å². The first-order chi connectivity index (χ1) is 8.67. The van der Waals surface area contributed by atoms with Gasteiger partial charge in [-0.3, -0.25) is 5.32 Å². The molecule has 7 nitrogen and oxygen atoms in total. The van der Waals surface area contributed by atoms with Crippen LogP contribution in [0.1, 0.15) is 19.3 Å². The smallest absolute Gasteiger partial charge is 0.318 e. The maximum absolute atomic E-state index is 10.8. The molecular weight excluding hydrogens is 234 g/mol. The van der Waals surface area contributed by atoms with E-state index in [0.717, 1.165) is 24.7 Å². The Morgan fingerprint density at radius 3 is 2.50 bits per heavy atom. The van der Waals surface area contributed by atoms with E-state index in [1.165, 1.54) is 6.42 Å². The summed E-state index contributed by atoms with van der Waals surface area (Å²) >= 11 is 0. The summed E-state index contributed by atoms with van der Waals surface area (Å²) in [6.07, 6.45) is 3.80. The van der Waals surface area contributed by atoms with Crippen molar-refractivity contribution in [1.29, 1.82) is 0 Å². The summed E-state index contributed by atoms with van der Waals surface area (Å²) in [5.41, 5.74) is 7.61. The van der Waals surface area contributed by atoms with Gasteiger partial charge in [0.1, 0.15) is 0 Å². The first-order valence-electron chi connectivity index (χ1n) is 6.19. The maximum atomic E-state index is 10.8. The van der Waals surface area contributed by atoms with Gasteiger partial charge in [-0.2, -0.15) is 5.10 Å². The van der Waals surface area contributed by atoms with Gasteiger partial charge in [-0.05, 0) is 31.1 Å². The molecule has 4 unspecified atom stereocenters. The molecule has 2 aliphatic heterocycles. The van der Waals surface area contributed by atoms with Gasteiger partial charge in [0.2, 0.25) is 5.96 Å². The molecule has 0 aromatic rings. The average molecular weight is 251 g/mol. The second-order valence-corrected chi connectivity index (χ2v) is 5.14. The number of nitrogens with one attached hydrogen (secondary N) is 2. The molecule has 18 heavy (non-hydrogen) atoms. The van der Waals surface area contributed by atoms with Crippen molar-refractivity contribution in [3.63, 3.8) is 0 Å². The highest BCUT2D eigenvalue weighted by molar-refractivity contribution is 5.95. The van der Waals surface area contributed by atoms with Gasteiger partial charge >= 0.3 is 6.03 Å². The number of aliphatic imine (C=N–C) groups is 1. The summed E-state index contributed by atoms with van der Waals surface area (Å²) in [6.45, 7) is 3.30. The van der Waals surface area contributed by atoms with Gasteiger partial charge in [-0.15, -0.1) is 0 Å². The Morgan fingerprint density at radius 1 is 1.28 bits per heavy atom. The molecule has 98 valence electrons.